The summed E-state index contributed by atoms with van der Waals surface area (Å²) in [6, 6.07) is 10.4. The summed E-state index contributed by atoms with van der Waals surface area (Å²) in [6.45, 7) is 4.87. The second kappa shape index (κ2) is 17.1. The number of halogens is 2. The van der Waals surface area contributed by atoms with Gasteiger partial charge in [-0.25, -0.2) is 9.80 Å². The molecule has 4 rings (SSSR count). The van der Waals surface area contributed by atoms with Gasteiger partial charge < -0.3 is 30.0 Å². The summed E-state index contributed by atoms with van der Waals surface area (Å²) in [4.78, 5) is 66.3. The fourth-order valence-electron chi connectivity index (χ4n) is 5.51. The number of esters is 1. The van der Waals surface area contributed by atoms with Crippen molar-refractivity contribution in [1.82, 2.24) is 20.7 Å². The highest BCUT2D eigenvalue weighted by Crippen LogP contribution is 2.27. The Morgan fingerprint density at radius 1 is 1.00 bits per heavy atom. The zero-order valence-corrected chi connectivity index (χ0v) is 29.2. The molecule has 15 heteroatoms. The van der Waals surface area contributed by atoms with Crippen molar-refractivity contribution in [2.75, 3.05) is 13.2 Å². The Balaban J connectivity index is 1.47. The second-order valence-electron chi connectivity index (χ2n) is 12.8. The van der Waals surface area contributed by atoms with Gasteiger partial charge in [0, 0.05) is 28.6 Å². The highest BCUT2D eigenvalue weighted by Gasteiger charge is 2.45. The van der Waals surface area contributed by atoms with Crippen molar-refractivity contribution in [2.45, 2.75) is 95.9 Å². The number of fused-ring (bicyclic) bond motifs is 1. The van der Waals surface area contributed by atoms with E-state index in [0.29, 0.717) is 22.0 Å². The number of aliphatic hydroxyl groups is 1. The maximum absolute atomic E-state index is 13.9. The third-order valence-electron chi connectivity index (χ3n) is 7.86. The van der Waals surface area contributed by atoms with Crippen molar-refractivity contribution in [3.05, 3.63) is 69.7 Å². The van der Waals surface area contributed by atoms with Crippen molar-refractivity contribution >= 4 is 53.0 Å². The molecule has 0 aliphatic carbocycles. The molecule has 2 aliphatic rings. The van der Waals surface area contributed by atoms with E-state index in [0.717, 1.165) is 10.6 Å². The van der Waals surface area contributed by atoms with Crippen LogP contribution in [0.3, 0.4) is 0 Å². The van der Waals surface area contributed by atoms with Gasteiger partial charge in [0.05, 0.1) is 31.8 Å². The minimum absolute atomic E-state index is 0.00616. The van der Waals surface area contributed by atoms with Crippen molar-refractivity contribution < 1.29 is 43.3 Å². The number of carbonyl (C=O) groups is 5. The van der Waals surface area contributed by atoms with Crippen LogP contribution in [0.15, 0.2) is 48.5 Å². The van der Waals surface area contributed by atoms with Gasteiger partial charge in [0.25, 0.3) is 5.91 Å². The summed E-state index contributed by atoms with van der Waals surface area (Å²) >= 11 is 12.5. The zero-order valence-electron chi connectivity index (χ0n) is 27.7. The lowest BCUT2D eigenvalue weighted by atomic mass is 10.0. The number of aliphatic hydroxyl groups excluding tert-OH is 1. The van der Waals surface area contributed by atoms with E-state index in [1.54, 1.807) is 63.2 Å². The molecule has 4 atom stereocenters. The van der Waals surface area contributed by atoms with E-state index in [-0.39, 0.29) is 51.5 Å². The second-order valence-corrected chi connectivity index (χ2v) is 13.7. The lowest BCUT2D eigenvalue weighted by Gasteiger charge is -2.43. The number of alkyl carbamates (subject to hydrolysis) is 1. The van der Waals surface area contributed by atoms with Crippen molar-refractivity contribution in [1.29, 1.82) is 0 Å². The maximum Gasteiger partial charge on any atom is 0.408 e. The van der Waals surface area contributed by atoms with Crippen LogP contribution in [-0.2, 0) is 46.6 Å². The van der Waals surface area contributed by atoms with E-state index in [2.05, 4.69) is 10.6 Å². The van der Waals surface area contributed by atoms with Crippen LogP contribution < -0.4 is 10.6 Å². The first-order valence-electron chi connectivity index (χ1n) is 16.0. The van der Waals surface area contributed by atoms with Gasteiger partial charge in [0.2, 0.25) is 11.8 Å². The monoisotopic (exact) mass is 720 g/mol. The molecule has 13 nitrogen and oxygen atoms in total. The molecular weight excluding hydrogens is 679 g/mol. The molecule has 2 aromatic rings. The first-order chi connectivity index (χ1) is 23.2. The average molecular weight is 722 g/mol. The van der Waals surface area contributed by atoms with E-state index in [1.807, 2.05) is 6.07 Å². The molecule has 2 fully saturated rings. The first kappa shape index (κ1) is 37.9. The predicted molar refractivity (Wildman–Crippen MR) is 179 cm³/mol. The molecule has 0 aromatic heterocycles. The molecule has 2 aliphatic heterocycles. The number of ether oxygens (including phenoxy) is 3. The van der Waals surface area contributed by atoms with Crippen LogP contribution in [0.4, 0.5) is 4.79 Å². The van der Waals surface area contributed by atoms with Gasteiger partial charge in [-0.1, -0.05) is 59.6 Å². The summed E-state index contributed by atoms with van der Waals surface area (Å²) in [6.07, 6.45) is -2.11. The van der Waals surface area contributed by atoms with E-state index < -0.39 is 60.1 Å². The molecule has 266 valence electrons. The van der Waals surface area contributed by atoms with Gasteiger partial charge in [-0.15, -0.1) is 0 Å². The van der Waals surface area contributed by atoms with Crippen LogP contribution in [0.2, 0.25) is 10.0 Å². The molecule has 0 saturated carbocycles. The Morgan fingerprint density at radius 2 is 1.69 bits per heavy atom. The van der Waals surface area contributed by atoms with E-state index >= 15 is 0 Å². The van der Waals surface area contributed by atoms with Gasteiger partial charge >= 0.3 is 12.1 Å². The molecule has 0 spiro atoms. The average Bonchev–Trinajstić information content (AvgIpc) is 3.16. The maximum atomic E-state index is 13.9. The Labute approximate surface area is 295 Å². The van der Waals surface area contributed by atoms with Crippen molar-refractivity contribution in [3.63, 3.8) is 0 Å². The van der Waals surface area contributed by atoms with E-state index in [9.17, 15) is 29.1 Å². The van der Waals surface area contributed by atoms with Crippen molar-refractivity contribution in [2.24, 2.45) is 0 Å². The lowest BCUT2D eigenvalue weighted by molar-refractivity contribution is -0.176. The van der Waals surface area contributed by atoms with Crippen LogP contribution in [0, 0.1) is 0 Å². The number of carbonyl (C=O) groups excluding carboxylic acids is 5. The quantitative estimate of drug-likeness (QED) is 0.276. The van der Waals surface area contributed by atoms with Crippen LogP contribution >= 0.6 is 23.2 Å². The summed E-state index contributed by atoms with van der Waals surface area (Å²) in [7, 11) is 0. The number of hydrogen-bond acceptors (Lipinski definition) is 9. The number of nitrogens with zero attached hydrogens (tertiary/aromatic N) is 2. The van der Waals surface area contributed by atoms with Crippen LogP contribution in [-0.4, -0.2) is 87.9 Å². The third kappa shape index (κ3) is 10.8. The van der Waals surface area contributed by atoms with E-state index in [1.165, 1.54) is 5.01 Å². The molecule has 2 aromatic carbocycles. The summed E-state index contributed by atoms with van der Waals surface area (Å²) in [5.41, 5.74) is 0.422. The van der Waals surface area contributed by atoms with Gasteiger partial charge in [-0.2, -0.15) is 0 Å². The molecule has 4 amide bonds. The Bertz CT molecular complexity index is 1480. The largest absolute Gasteiger partial charge is 0.460 e. The normalized spacial score (nSPS) is 19.3. The number of nitrogens with one attached hydrogen (secondary N) is 2. The summed E-state index contributed by atoms with van der Waals surface area (Å²) in [5, 5.41) is 19.4. The fraction of sp³-hybridized carbons (Fsp3) is 0.500. The van der Waals surface area contributed by atoms with Gasteiger partial charge in [-0.3, -0.25) is 24.2 Å². The number of amides is 4. The molecule has 49 heavy (non-hydrogen) atoms. The van der Waals surface area contributed by atoms with Gasteiger partial charge in [-0.05, 0) is 57.7 Å². The molecule has 0 bridgehead atoms. The van der Waals surface area contributed by atoms with Crippen LogP contribution in [0.1, 0.15) is 64.0 Å². The number of hydrazine groups is 1. The number of benzene rings is 2. The fourth-order valence-corrected chi connectivity index (χ4v) is 6.01. The minimum atomic E-state index is -1.40. The standard InChI is InChI=1S/C34H42Cl2N4O9/c1-34(2,3)49-30(43)17-26(28(41)20-47-19-22-23(35)11-7-12-24(22)36)37-31(44)27-13-8-16-39-29(42)15-14-25(32(45)40(27)39)38-33(46)48-18-21-9-5-4-6-10-21/h4-7,9-12,25-28,41H,8,13-20H2,1-3H3,(H,37,44)(H,38,46). The topological polar surface area (TPSA) is 164 Å². The smallest absolute Gasteiger partial charge is 0.408 e. The Kier molecular flexibility index (Phi) is 13.3. The molecule has 4 unspecified atom stereocenters. The zero-order chi connectivity index (χ0) is 35.7. The van der Waals surface area contributed by atoms with Crippen LogP contribution in [0.25, 0.3) is 0 Å². The molecule has 3 N–H and O–H groups in total. The molecular formula is C34H42Cl2N4O9. The third-order valence-corrected chi connectivity index (χ3v) is 8.57. The highest BCUT2D eigenvalue weighted by atomic mass is 35.5. The number of hydrogen-bond donors (Lipinski definition) is 3. The Morgan fingerprint density at radius 3 is 2.37 bits per heavy atom. The SMILES string of the molecule is CC(C)(C)OC(=O)CC(NC(=O)C1CCCN2C(=O)CCC(NC(=O)OCc3ccccc3)C(=O)N12)C(O)COCc1c(Cl)cccc1Cl. The summed E-state index contributed by atoms with van der Waals surface area (Å²) in [5.74, 6) is -2.44. The molecule has 2 heterocycles. The Hall–Kier alpha value is -3.91. The molecule has 0 radical (unpaired) electrons. The summed E-state index contributed by atoms with van der Waals surface area (Å²) < 4.78 is 16.4. The van der Waals surface area contributed by atoms with Gasteiger partial charge in [0.1, 0.15) is 24.3 Å². The lowest BCUT2D eigenvalue weighted by Crippen LogP contribution is -2.64. The highest BCUT2D eigenvalue weighted by molar-refractivity contribution is 6.35. The predicted octanol–water partition coefficient (Wildman–Crippen LogP) is 3.91. The van der Waals surface area contributed by atoms with Gasteiger partial charge in [0.15, 0.2) is 0 Å². The van der Waals surface area contributed by atoms with Crippen molar-refractivity contribution in [3.8, 4) is 0 Å². The number of rotatable bonds is 12. The first-order valence-corrected chi connectivity index (χ1v) is 16.8. The van der Waals surface area contributed by atoms with Crippen LogP contribution in [0.5, 0.6) is 0 Å². The molecule has 2 saturated heterocycles. The minimum Gasteiger partial charge on any atom is -0.460 e. The van der Waals surface area contributed by atoms with E-state index in [4.69, 9.17) is 37.4 Å².